The van der Waals surface area contributed by atoms with E-state index in [1.807, 2.05) is 11.6 Å². The van der Waals surface area contributed by atoms with Gasteiger partial charge in [-0.2, -0.15) is 0 Å². The van der Waals surface area contributed by atoms with Crippen LogP contribution in [-0.2, 0) is 13.1 Å². The fourth-order valence-corrected chi connectivity index (χ4v) is 3.82. The molecule has 0 amide bonds. The summed E-state index contributed by atoms with van der Waals surface area (Å²) in [6, 6.07) is 6.63. The van der Waals surface area contributed by atoms with Crippen LogP contribution in [-0.4, -0.2) is 43.2 Å². The maximum Gasteiger partial charge on any atom is 0.122 e. The van der Waals surface area contributed by atoms with Gasteiger partial charge in [0.1, 0.15) is 11.5 Å². The molecular formula is C18H25N3O2S. The molecule has 5 nitrogen and oxygen atoms in total. The van der Waals surface area contributed by atoms with Crippen LogP contribution >= 0.6 is 11.3 Å². The molecule has 1 aliphatic heterocycles. The third-order valence-electron chi connectivity index (χ3n) is 4.49. The molecule has 0 saturated carbocycles. The topological polar surface area (TPSA) is 46.6 Å². The number of aromatic nitrogens is 1. The Kier molecular flexibility index (Phi) is 5.71. The molecule has 3 rings (SSSR count). The molecule has 0 unspecified atom stereocenters. The van der Waals surface area contributed by atoms with Crippen LogP contribution in [0.5, 0.6) is 11.5 Å². The number of thiazole rings is 1. The Hall–Kier alpha value is -1.63. The Morgan fingerprint density at radius 3 is 2.62 bits per heavy atom. The highest BCUT2D eigenvalue weighted by Crippen LogP contribution is 2.24. The Balaban J connectivity index is 1.53. The van der Waals surface area contributed by atoms with Crippen LogP contribution in [0.4, 0.5) is 0 Å². The van der Waals surface area contributed by atoms with Crippen molar-refractivity contribution in [2.45, 2.75) is 32.5 Å². The highest BCUT2D eigenvalue weighted by molar-refractivity contribution is 7.09. The van der Waals surface area contributed by atoms with Gasteiger partial charge in [0.15, 0.2) is 0 Å². The SMILES string of the molecule is COc1cc(CN2CC[C@@H](NCc3scnc3C)C2)cc(OC)c1. The number of nitrogens with one attached hydrogen (secondary N) is 1. The average Bonchev–Trinajstić information content (AvgIpc) is 3.21. The van der Waals surface area contributed by atoms with Crippen molar-refractivity contribution in [2.24, 2.45) is 0 Å². The summed E-state index contributed by atoms with van der Waals surface area (Å²) in [5.41, 5.74) is 4.29. The van der Waals surface area contributed by atoms with Crippen molar-refractivity contribution in [3.63, 3.8) is 0 Å². The zero-order valence-electron chi connectivity index (χ0n) is 14.5. The molecule has 1 saturated heterocycles. The molecule has 1 aromatic carbocycles. The second-order valence-corrected chi connectivity index (χ2v) is 7.12. The van der Waals surface area contributed by atoms with Crippen LogP contribution in [0, 0.1) is 6.92 Å². The second kappa shape index (κ2) is 7.96. The number of nitrogens with zero attached hydrogens (tertiary/aromatic N) is 2. The molecule has 2 aromatic rings. The molecule has 0 aliphatic carbocycles. The van der Waals surface area contributed by atoms with Gasteiger partial charge in [0.25, 0.3) is 0 Å². The van der Waals surface area contributed by atoms with Crippen LogP contribution in [0.15, 0.2) is 23.7 Å². The average molecular weight is 347 g/mol. The molecule has 1 N–H and O–H groups in total. The summed E-state index contributed by atoms with van der Waals surface area (Å²) in [4.78, 5) is 8.13. The van der Waals surface area contributed by atoms with Crippen molar-refractivity contribution in [3.05, 3.63) is 39.8 Å². The number of benzene rings is 1. The van der Waals surface area contributed by atoms with E-state index in [-0.39, 0.29) is 0 Å². The van der Waals surface area contributed by atoms with Gasteiger partial charge in [-0.15, -0.1) is 11.3 Å². The molecular weight excluding hydrogens is 322 g/mol. The normalized spacial score (nSPS) is 18.0. The van der Waals surface area contributed by atoms with E-state index in [0.717, 1.165) is 43.4 Å². The van der Waals surface area contributed by atoms with Crippen LogP contribution in [0.25, 0.3) is 0 Å². The van der Waals surface area contributed by atoms with Gasteiger partial charge < -0.3 is 14.8 Å². The number of aryl methyl sites for hydroxylation is 1. The second-order valence-electron chi connectivity index (χ2n) is 6.18. The highest BCUT2D eigenvalue weighted by atomic mass is 32.1. The van der Waals surface area contributed by atoms with Crippen LogP contribution in [0.2, 0.25) is 0 Å². The van der Waals surface area contributed by atoms with E-state index < -0.39 is 0 Å². The Morgan fingerprint density at radius 1 is 1.25 bits per heavy atom. The summed E-state index contributed by atoms with van der Waals surface area (Å²) in [5, 5.41) is 3.67. The molecule has 1 atom stereocenters. The van der Waals surface area contributed by atoms with Crippen molar-refractivity contribution in [1.29, 1.82) is 0 Å². The van der Waals surface area contributed by atoms with Gasteiger partial charge in [-0.3, -0.25) is 4.90 Å². The molecule has 130 valence electrons. The summed E-state index contributed by atoms with van der Waals surface area (Å²) in [6.45, 7) is 6.09. The first-order valence-corrected chi connectivity index (χ1v) is 9.12. The summed E-state index contributed by atoms with van der Waals surface area (Å²) in [6.07, 6.45) is 1.18. The third-order valence-corrected chi connectivity index (χ3v) is 5.42. The lowest BCUT2D eigenvalue weighted by Gasteiger charge is -2.18. The minimum Gasteiger partial charge on any atom is -0.497 e. The number of rotatable bonds is 7. The summed E-state index contributed by atoms with van der Waals surface area (Å²) < 4.78 is 10.7. The molecule has 0 bridgehead atoms. The van der Waals surface area contributed by atoms with Crippen molar-refractivity contribution in [2.75, 3.05) is 27.3 Å². The zero-order chi connectivity index (χ0) is 16.9. The van der Waals surface area contributed by atoms with E-state index in [4.69, 9.17) is 9.47 Å². The maximum absolute atomic E-state index is 5.36. The molecule has 1 aliphatic rings. The van der Waals surface area contributed by atoms with Gasteiger partial charge in [0.2, 0.25) is 0 Å². The monoisotopic (exact) mass is 347 g/mol. The number of ether oxygens (including phenoxy) is 2. The minimum atomic E-state index is 0.541. The Labute approximate surface area is 147 Å². The van der Waals surface area contributed by atoms with E-state index in [1.165, 1.54) is 16.9 Å². The quantitative estimate of drug-likeness (QED) is 0.834. The fourth-order valence-electron chi connectivity index (χ4n) is 3.09. The highest BCUT2D eigenvalue weighted by Gasteiger charge is 2.22. The molecule has 1 fully saturated rings. The van der Waals surface area contributed by atoms with E-state index >= 15 is 0 Å². The summed E-state index contributed by atoms with van der Waals surface area (Å²) in [5.74, 6) is 1.69. The number of methoxy groups -OCH3 is 2. The van der Waals surface area contributed by atoms with E-state index in [0.29, 0.717) is 6.04 Å². The standard InChI is InChI=1S/C18H25N3O2S/c1-13-18(24-12-20-13)9-19-15-4-5-21(11-15)10-14-6-16(22-2)8-17(7-14)23-3/h6-8,12,15,19H,4-5,9-11H2,1-3H3/t15-/m1/s1. The van der Waals surface area contributed by atoms with Gasteiger partial charge in [-0.25, -0.2) is 4.98 Å². The molecule has 6 heteroatoms. The first-order valence-electron chi connectivity index (χ1n) is 8.24. The van der Waals surface area contributed by atoms with Gasteiger partial charge >= 0.3 is 0 Å². The maximum atomic E-state index is 5.36. The fraction of sp³-hybridized carbons (Fsp3) is 0.500. The predicted octanol–water partition coefficient (Wildman–Crippen LogP) is 2.83. The lowest BCUT2D eigenvalue weighted by Crippen LogP contribution is -2.31. The minimum absolute atomic E-state index is 0.541. The predicted molar refractivity (Wildman–Crippen MR) is 96.9 cm³/mol. The first-order chi connectivity index (χ1) is 11.7. The van der Waals surface area contributed by atoms with Crippen LogP contribution in [0.1, 0.15) is 22.6 Å². The van der Waals surface area contributed by atoms with E-state index in [9.17, 15) is 0 Å². The number of likely N-dealkylation sites (tertiary alicyclic amines) is 1. The Morgan fingerprint density at radius 2 is 2.00 bits per heavy atom. The number of hydrogen-bond donors (Lipinski definition) is 1. The summed E-state index contributed by atoms with van der Waals surface area (Å²) in [7, 11) is 3.38. The smallest absolute Gasteiger partial charge is 0.122 e. The van der Waals surface area contributed by atoms with Gasteiger partial charge in [-0.1, -0.05) is 0 Å². The van der Waals surface area contributed by atoms with E-state index in [1.54, 1.807) is 25.6 Å². The molecule has 0 radical (unpaired) electrons. The molecule has 2 heterocycles. The Bertz CT molecular complexity index is 652. The largest absolute Gasteiger partial charge is 0.497 e. The van der Waals surface area contributed by atoms with E-state index in [2.05, 4.69) is 34.3 Å². The van der Waals surface area contributed by atoms with Crippen molar-refractivity contribution < 1.29 is 9.47 Å². The van der Waals surface area contributed by atoms with Crippen LogP contribution in [0.3, 0.4) is 0 Å². The first kappa shape index (κ1) is 17.2. The molecule has 0 spiro atoms. The number of hydrogen-bond acceptors (Lipinski definition) is 6. The van der Waals surface area contributed by atoms with Crippen molar-refractivity contribution in [1.82, 2.24) is 15.2 Å². The summed E-state index contributed by atoms with van der Waals surface area (Å²) >= 11 is 1.73. The molecule has 1 aromatic heterocycles. The van der Waals surface area contributed by atoms with Crippen LogP contribution < -0.4 is 14.8 Å². The molecule has 24 heavy (non-hydrogen) atoms. The van der Waals surface area contributed by atoms with Gasteiger partial charge in [0, 0.05) is 43.2 Å². The van der Waals surface area contributed by atoms with Gasteiger partial charge in [0.05, 0.1) is 25.4 Å². The lowest BCUT2D eigenvalue weighted by molar-refractivity contribution is 0.317. The van der Waals surface area contributed by atoms with Crippen molar-refractivity contribution >= 4 is 11.3 Å². The zero-order valence-corrected chi connectivity index (χ0v) is 15.4. The third kappa shape index (κ3) is 4.26. The lowest BCUT2D eigenvalue weighted by atomic mass is 10.2. The van der Waals surface area contributed by atoms with Gasteiger partial charge in [-0.05, 0) is 31.0 Å². The van der Waals surface area contributed by atoms with Crippen molar-refractivity contribution in [3.8, 4) is 11.5 Å².